The van der Waals surface area contributed by atoms with Crippen molar-refractivity contribution in [1.82, 2.24) is 4.98 Å². The van der Waals surface area contributed by atoms with Gasteiger partial charge in [-0.3, -0.25) is 0 Å². The van der Waals surface area contributed by atoms with Crippen molar-refractivity contribution >= 4 is 5.97 Å². The van der Waals surface area contributed by atoms with Gasteiger partial charge in [-0.2, -0.15) is 13.2 Å². The van der Waals surface area contributed by atoms with Gasteiger partial charge in [0, 0.05) is 5.56 Å². The van der Waals surface area contributed by atoms with E-state index in [4.69, 9.17) is 4.42 Å². The van der Waals surface area contributed by atoms with Gasteiger partial charge in [-0.15, -0.1) is 0 Å². The van der Waals surface area contributed by atoms with Crippen molar-refractivity contribution in [1.29, 1.82) is 0 Å². The van der Waals surface area contributed by atoms with E-state index in [1.54, 1.807) is 6.92 Å². The standard InChI is InChI=1S/C13H10F3NO3/c1-2-19-12(18)11-17-7-10(20-11)8-5-3-4-6-9(8)13(14,15)16/h3-7H,2H2,1H3. The van der Waals surface area contributed by atoms with Gasteiger partial charge in [0.15, 0.2) is 5.76 Å². The summed E-state index contributed by atoms with van der Waals surface area (Å²) in [4.78, 5) is 15.0. The minimum atomic E-state index is -4.52. The van der Waals surface area contributed by atoms with E-state index in [0.29, 0.717) is 0 Å². The van der Waals surface area contributed by atoms with Gasteiger partial charge in [-0.05, 0) is 13.0 Å². The smallest absolute Gasteiger partial charge is 0.417 e. The molecular weight excluding hydrogens is 275 g/mol. The van der Waals surface area contributed by atoms with Gasteiger partial charge in [0.1, 0.15) is 0 Å². The lowest BCUT2D eigenvalue weighted by Crippen LogP contribution is -2.06. The lowest BCUT2D eigenvalue weighted by molar-refractivity contribution is -0.137. The maximum Gasteiger partial charge on any atom is 0.417 e. The molecule has 20 heavy (non-hydrogen) atoms. The minimum Gasteiger partial charge on any atom is -0.459 e. The van der Waals surface area contributed by atoms with Crippen LogP contribution in [0.3, 0.4) is 0 Å². The van der Waals surface area contributed by atoms with E-state index in [0.717, 1.165) is 12.3 Å². The lowest BCUT2D eigenvalue weighted by Gasteiger charge is -2.10. The number of hydrogen-bond donors (Lipinski definition) is 0. The zero-order valence-corrected chi connectivity index (χ0v) is 10.4. The van der Waals surface area contributed by atoms with Crippen LogP contribution in [0.15, 0.2) is 34.9 Å². The second-order valence-corrected chi connectivity index (χ2v) is 3.79. The number of hydrogen-bond acceptors (Lipinski definition) is 4. The number of esters is 1. The van der Waals surface area contributed by atoms with Crippen molar-refractivity contribution in [2.75, 3.05) is 6.61 Å². The van der Waals surface area contributed by atoms with E-state index < -0.39 is 17.7 Å². The molecule has 0 saturated carbocycles. The molecule has 4 nitrogen and oxygen atoms in total. The van der Waals surface area contributed by atoms with E-state index in [9.17, 15) is 18.0 Å². The van der Waals surface area contributed by atoms with Crippen LogP contribution in [0, 0.1) is 0 Å². The van der Waals surface area contributed by atoms with Gasteiger partial charge in [0.25, 0.3) is 0 Å². The van der Waals surface area contributed by atoms with Crippen LogP contribution < -0.4 is 0 Å². The number of aromatic nitrogens is 1. The molecule has 2 rings (SSSR count). The van der Waals surface area contributed by atoms with Gasteiger partial charge in [-0.1, -0.05) is 18.2 Å². The van der Waals surface area contributed by atoms with Crippen LogP contribution in [-0.4, -0.2) is 17.6 Å². The van der Waals surface area contributed by atoms with Crippen molar-refractivity contribution in [2.24, 2.45) is 0 Å². The predicted molar refractivity (Wildman–Crippen MR) is 62.9 cm³/mol. The second kappa shape index (κ2) is 5.36. The maximum atomic E-state index is 12.9. The first-order chi connectivity index (χ1) is 9.43. The summed E-state index contributed by atoms with van der Waals surface area (Å²) in [5, 5.41) is 0. The number of ether oxygens (including phenoxy) is 1. The van der Waals surface area contributed by atoms with Gasteiger partial charge < -0.3 is 9.15 Å². The second-order valence-electron chi connectivity index (χ2n) is 3.79. The number of rotatable bonds is 3. The summed E-state index contributed by atoms with van der Waals surface area (Å²) in [6, 6.07) is 4.90. The predicted octanol–water partition coefficient (Wildman–Crippen LogP) is 3.54. The summed E-state index contributed by atoms with van der Waals surface area (Å²) < 4.78 is 48.3. The SMILES string of the molecule is CCOC(=O)c1ncc(-c2ccccc2C(F)(F)F)o1. The minimum absolute atomic E-state index is 0.121. The van der Waals surface area contributed by atoms with Crippen LogP contribution in [0.4, 0.5) is 13.2 Å². The summed E-state index contributed by atoms with van der Waals surface area (Å²) in [6.07, 6.45) is -3.45. The quantitative estimate of drug-likeness (QED) is 0.809. The number of carbonyl (C=O) groups is 1. The molecule has 1 aromatic carbocycles. The van der Waals surface area contributed by atoms with Crippen LogP contribution >= 0.6 is 0 Å². The first-order valence-electron chi connectivity index (χ1n) is 5.73. The number of oxazole rings is 1. The molecule has 7 heteroatoms. The summed E-state index contributed by atoms with van der Waals surface area (Å²) in [6.45, 7) is 1.72. The third kappa shape index (κ3) is 2.81. The van der Waals surface area contributed by atoms with E-state index >= 15 is 0 Å². The van der Waals surface area contributed by atoms with Crippen LogP contribution in [0.5, 0.6) is 0 Å². The first kappa shape index (κ1) is 14.1. The number of halogens is 3. The van der Waals surface area contributed by atoms with Gasteiger partial charge in [0.2, 0.25) is 0 Å². The fraction of sp³-hybridized carbons (Fsp3) is 0.231. The zero-order valence-electron chi connectivity index (χ0n) is 10.4. The van der Waals surface area contributed by atoms with E-state index in [2.05, 4.69) is 9.72 Å². The molecule has 2 aromatic rings. The highest BCUT2D eigenvalue weighted by molar-refractivity contribution is 5.84. The Hall–Kier alpha value is -2.31. The Balaban J connectivity index is 2.41. The molecule has 0 aliphatic rings. The third-order valence-corrected chi connectivity index (χ3v) is 2.45. The van der Waals surface area contributed by atoms with Gasteiger partial charge in [-0.25, -0.2) is 9.78 Å². The number of nitrogens with zero attached hydrogens (tertiary/aromatic N) is 1. The summed E-state index contributed by atoms with van der Waals surface area (Å²) in [7, 11) is 0. The molecule has 0 unspecified atom stereocenters. The molecule has 0 amide bonds. The van der Waals surface area contributed by atoms with E-state index in [-0.39, 0.29) is 23.8 Å². The van der Waals surface area contributed by atoms with Crippen LogP contribution in [-0.2, 0) is 10.9 Å². The molecule has 0 spiro atoms. The Morgan fingerprint density at radius 3 is 2.70 bits per heavy atom. The van der Waals surface area contributed by atoms with Crippen LogP contribution in [0.1, 0.15) is 23.2 Å². The monoisotopic (exact) mass is 285 g/mol. The molecule has 0 saturated heterocycles. The molecule has 0 fully saturated rings. The Morgan fingerprint density at radius 2 is 2.05 bits per heavy atom. The Bertz CT molecular complexity index is 619. The fourth-order valence-corrected chi connectivity index (χ4v) is 1.63. The lowest BCUT2D eigenvalue weighted by atomic mass is 10.1. The molecule has 0 N–H and O–H groups in total. The van der Waals surface area contributed by atoms with Gasteiger partial charge >= 0.3 is 18.0 Å². The Labute approximate surface area is 112 Å². The topological polar surface area (TPSA) is 52.3 Å². The van der Waals surface area contributed by atoms with E-state index in [1.807, 2.05) is 0 Å². The number of alkyl halides is 3. The molecule has 0 atom stereocenters. The fourth-order valence-electron chi connectivity index (χ4n) is 1.63. The molecule has 0 aliphatic heterocycles. The molecule has 0 aliphatic carbocycles. The van der Waals surface area contributed by atoms with Gasteiger partial charge in [0.05, 0.1) is 18.4 Å². The highest BCUT2D eigenvalue weighted by Crippen LogP contribution is 2.37. The van der Waals surface area contributed by atoms with Crippen molar-refractivity contribution in [2.45, 2.75) is 13.1 Å². The highest BCUT2D eigenvalue weighted by Gasteiger charge is 2.34. The summed E-state index contributed by atoms with van der Waals surface area (Å²) >= 11 is 0. The first-order valence-corrected chi connectivity index (χ1v) is 5.73. The number of benzene rings is 1. The molecule has 0 bridgehead atoms. The molecule has 0 radical (unpaired) electrons. The van der Waals surface area contributed by atoms with Crippen molar-refractivity contribution in [3.8, 4) is 11.3 Å². The maximum absolute atomic E-state index is 12.9. The highest BCUT2D eigenvalue weighted by atomic mass is 19.4. The molecular formula is C13H10F3NO3. The zero-order chi connectivity index (χ0) is 14.8. The van der Waals surface area contributed by atoms with Crippen molar-refractivity contribution in [3.05, 3.63) is 41.9 Å². The third-order valence-electron chi connectivity index (χ3n) is 2.45. The molecule has 1 aromatic heterocycles. The Kier molecular flexibility index (Phi) is 3.78. The number of carbonyl (C=O) groups excluding carboxylic acids is 1. The molecule has 106 valence electrons. The largest absolute Gasteiger partial charge is 0.459 e. The Morgan fingerprint density at radius 1 is 1.35 bits per heavy atom. The summed E-state index contributed by atoms with van der Waals surface area (Å²) in [5.74, 6) is -1.33. The average Bonchev–Trinajstić information content (AvgIpc) is 2.87. The summed E-state index contributed by atoms with van der Waals surface area (Å²) in [5.41, 5.74) is -1.03. The average molecular weight is 285 g/mol. The van der Waals surface area contributed by atoms with Crippen LogP contribution in [0.2, 0.25) is 0 Å². The van der Waals surface area contributed by atoms with E-state index in [1.165, 1.54) is 18.2 Å². The normalized spacial score (nSPS) is 11.4. The molecule has 1 heterocycles. The van der Waals surface area contributed by atoms with Crippen LogP contribution in [0.25, 0.3) is 11.3 Å². The van der Waals surface area contributed by atoms with Crippen molar-refractivity contribution < 1.29 is 27.1 Å². The van der Waals surface area contributed by atoms with Crippen molar-refractivity contribution in [3.63, 3.8) is 0 Å².